The van der Waals surface area contributed by atoms with Crippen LogP contribution in [-0.2, 0) is 0 Å². The van der Waals surface area contributed by atoms with E-state index in [1.807, 2.05) is 12.4 Å². The minimum atomic E-state index is 0.283. The molecule has 2 fully saturated rings. The molecule has 2 aromatic rings. The van der Waals surface area contributed by atoms with Crippen LogP contribution in [0.15, 0.2) is 54.9 Å². The van der Waals surface area contributed by atoms with Gasteiger partial charge >= 0.3 is 0 Å². The lowest BCUT2D eigenvalue weighted by Gasteiger charge is -2.23. The molecule has 0 bridgehead atoms. The molecule has 0 radical (unpaired) electrons. The van der Waals surface area contributed by atoms with E-state index in [1.54, 1.807) is 0 Å². The first kappa shape index (κ1) is 13.0. The van der Waals surface area contributed by atoms with Gasteiger partial charge in [0.1, 0.15) is 0 Å². The van der Waals surface area contributed by atoms with E-state index in [1.165, 1.54) is 36.8 Å². The molecule has 2 nitrogen and oxygen atoms in total. The van der Waals surface area contributed by atoms with Gasteiger partial charge in [-0.2, -0.15) is 0 Å². The Hall–Kier alpha value is -1.67. The molecule has 1 heterocycles. The number of nitrogens with zero attached hydrogens (tertiary/aromatic N) is 1. The molecule has 2 aliphatic rings. The monoisotopic (exact) mass is 278 g/mol. The summed E-state index contributed by atoms with van der Waals surface area (Å²) in [6.45, 7) is 1.15. The van der Waals surface area contributed by atoms with Crippen molar-refractivity contribution < 1.29 is 0 Å². The van der Waals surface area contributed by atoms with Crippen LogP contribution >= 0.6 is 0 Å². The normalized spacial score (nSPS) is 21.0. The van der Waals surface area contributed by atoms with E-state index in [4.69, 9.17) is 0 Å². The van der Waals surface area contributed by atoms with Gasteiger partial charge < -0.3 is 5.32 Å². The largest absolute Gasteiger partial charge is 0.306 e. The first-order valence-corrected chi connectivity index (χ1v) is 8.06. The standard InChI is InChI=1S/C19H22N2/c1-2-4-15(5-3-1)18(16-8-12-20-13-9-16)21-14-19(10-11-19)17-6-7-17/h1-5,8-9,12-13,17-18,21H,6-7,10-11,14H2. The van der Waals surface area contributed by atoms with Crippen molar-refractivity contribution in [3.05, 3.63) is 66.0 Å². The second kappa shape index (κ2) is 5.27. The summed E-state index contributed by atoms with van der Waals surface area (Å²) in [5.74, 6) is 0.999. The van der Waals surface area contributed by atoms with E-state index < -0.39 is 0 Å². The Bertz CT molecular complexity index is 546. The topological polar surface area (TPSA) is 24.9 Å². The summed E-state index contributed by atoms with van der Waals surface area (Å²) >= 11 is 0. The van der Waals surface area contributed by atoms with E-state index >= 15 is 0 Å². The van der Waals surface area contributed by atoms with Crippen molar-refractivity contribution in [1.29, 1.82) is 0 Å². The Morgan fingerprint density at radius 3 is 2.29 bits per heavy atom. The van der Waals surface area contributed by atoms with Crippen LogP contribution in [0.5, 0.6) is 0 Å². The minimum Gasteiger partial charge on any atom is -0.306 e. The van der Waals surface area contributed by atoms with Crippen LogP contribution in [0.4, 0.5) is 0 Å². The second-order valence-electron chi connectivity index (χ2n) is 6.64. The van der Waals surface area contributed by atoms with Crippen molar-refractivity contribution in [1.82, 2.24) is 10.3 Å². The van der Waals surface area contributed by atoms with Crippen molar-refractivity contribution >= 4 is 0 Å². The molecule has 1 atom stereocenters. The van der Waals surface area contributed by atoms with E-state index in [0.717, 1.165) is 12.5 Å². The smallest absolute Gasteiger partial charge is 0.0578 e. The number of pyridine rings is 1. The quantitative estimate of drug-likeness (QED) is 0.865. The average molecular weight is 278 g/mol. The molecular weight excluding hydrogens is 256 g/mol. The zero-order valence-electron chi connectivity index (χ0n) is 12.3. The average Bonchev–Trinajstić information content (AvgIpc) is 3.43. The maximum absolute atomic E-state index is 4.15. The van der Waals surface area contributed by atoms with Gasteiger partial charge in [0, 0.05) is 18.9 Å². The van der Waals surface area contributed by atoms with Crippen LogP contribution in [0.2, 0.25) is 0 Å². The van der Waals surface area contributed by atoms with Gasteiger partial charge in [-0.1, -0.05) is 30.3 Å². The molecule has 0 aliphatic heterocycles. The molecule has 0 saturated heterocycles. The van der Waals surface area contributed by atoms with Crippen molar-refractivity contribution in [3.8, 4) is 0 Å². The van der Waals surface area contributed by atoms with Crippen molar-refractivity contribution in [2.24, 2.45) is 11.3 Å². The van der Waals surface area contributed by atoms with E-state index in [2.05, 4.69) is 52.8 Å². The van der Waals surface area contributed by atoms with E-state index in [9.17, 15) is 0 Å². The zero-order chi connectivity index (χ0) is 14.1. The third-order valence-corrected chi connectivity index (χ3v) is 5.17. The summed E-state index contributed by atoms with van der Waals surface area (Å²) in [4.78, 5) is 4.15. The second-order valence-corrected chi connectivity index (χ2v) is 6.64. The molecule has 1 N–H and O–H groups in total. The fraction of sp³-hybridized carbons (Fsp3) is 0.421. The molecule has 4 rings (SSSR count). The van der Waals surface area contributed by atoms with Gasteiger partial charge in [0.25, 0.3) is 0 Å². The van der Waals surface area contributed by atoms with Crippen LogP contribution in [0.25, 0.3) is 0 Å². The number of hydrogen-bond donors (Lipinski definition) is 1. The first-order valence-electron chi connectivity index (χ1n) is 8.06. The summed E-state index contributed by atoms with van der Waals surface area (Å²) in [6.07, 6.45) is 9.52. The van der Waals surface area contributed by atoms with E-state index in [-0.39, 0.29) is 6.04 Å². The molecule has 1 unspecified atom stereocenters. The van der Waals surface area contributed by atoms with Crippen molar-refractivity contribution in [2.45, 2.75) is 31.7 Å². The summed E-state index contributed by atoms with van der Waals surface area (Å²) in [5.41, 5.74) is 3.28. The van der Waals surface area contributed by atoms with Gasteiger partial charge in [0.2, 0.25) is 0 Å². The van der Waals surface area contributed by atoms with Crippen LogP contribution in [-0.4, -0.2) is 11.5 Å². The Kier molecular flexibility index (Phi) is 3.27. The number of benzene rings is 1. The number of aromatic nitrogens is 1. The maximum atomic E-state index is 4.15. The van der Waals surface area contributed by atoms with Crippen LogP contribution in [0.1, 0.15) is 42.9 Å². The Balaban J connectivity index is 1.55. The summed E-state index contributed by atoms with van der Waals surface area (Å²) < 4.78 is 0. The summed E-state index contributed by atoms with van der Waals surface area (Å²) in [5, 5.41) is 3.85. The Morgan fingerprint density at radius 2 is 1.67 bits per heavy atom. The molecule has 0 amide bonds. The highest BCUT2D eigenvalue weighted by Crippen LogP contribution is 2.61. The van der Waals surface area contributed by atoms with Gasteiger partial charge in [0.15, 0.2) is 0 Å². The van der Waals surface area contributed by atoms with Crippen LogP contribution in [0, 0.1) is 11.3 Å². The molecule has 108 valence electrons. The Labute approximate surface area is 126 Å². The highest BCUT2D eigenvalue weighted by Gasteiger charge is 2.53. The molecule has 0 spiro atoms. The highest BCUT2D eigenvalue weighted by atomic mass is 14.9. The fourth-order valence-corrected chi connectivity index (χ4v) is 3.52. The lowest BCUT2D eigenvalue weighted by Crippen LogP contribution is -2.30. The van der Waals surface area contributed by atoms with E-state index in [0.29, 0.717) is 5.41 Å². The molecule has 2 heteroatoms. The third-order valence-electron chi connectivity index (χ3n) is 5.17. The predicted octanol–water partition coefficient (Wildman–Crippen LogP) is 3.95. The van der Waals surface area contributed by atoms with Gasteiger partial charge in [0.05, 0.1) is 6.04 Å². The molecule has 1 aromatic heterocycles. The van der Waals surface area contributed by atoms with Crippen molar-refractivity contribution in [3.63, 3.8) is 0 Å². The first-order chi connectivity index (χ1) is 10.4. The third kappa shape index (κ3) is 2.73. The lowest BCUT2D eigenvalue weighted by atomic mass is 9.96. The number of nitrogens with one attached hydrogen (secondary N) is 1. The fourth-order valence-electron chi connectivity index (χ4n) is 3.52. The van der Waals surface area contributed by atoms with Gasteiger partial charge in [-0.15, -0.1) is 0 Å². The number of rotatable bonds is 6. The summed E-state index contributed by atoms with van der Waals surface area (Å²) in [6, 6.07) is 15.3. The van der Waals surface area contributed by atoms with Gasteiger partial charge in [-0.3, -0.25) is 4.98 Å². The molecular formula is C19H22N2. The van der Waals surface area contributed by atoms with Crippen LogP contribution < -0.4 is 5.32 Å². The Morgan fingerprint density at radius 1 is 1.00 bits per heavy atom. The van der Waals surface area contributed by atoms with Gasteiger partial charge in [-0.05, 0) is 60.3 Å². The van der Waals surface area contributed by atoms with Gasteiger partial charge in [-0.25, -0.2) is 0 Å². The maximum Gasteiger partial charge on any atom is 0.0578 e. The SMILES string of the molecule is c1ccc(C(NCC2(C3CC3)CC2)c2ccncc2)cc1. The lowest BCUT2D eigenvalue weighted by molar-refractivity contribution is 0.388. The van der Waals surface area contributed by atoms with Crippen molar-refractivity contribution in [2.75, 3.05) is 6.54 Å². The predicted molar refractivity (Wildman–Crippen MR) is 84.9 cm³/mol. The molecule has 2 saturated carbocycles. The van der Waals surface area contributed by atoms with Crippen LogP contribution in [0.3, 0.4) is 0 Å². The molecule has 1 aromatic carbocycles. The zero-order valence-corrected chi connectivity index (χ0v) is 12.3. The highest BCUT2D eigenvalue weighted by molar-refractivity contribution is 5.30. The minimum absolute atomic E-state index is 0.283. The summed E-state index contributed by atoms with van der Waals surface area (Å²) in [7, 11) is 0. The molecule has 21 heavy (non-hydrogen) atoms. The number of hydrogen-bond acceptors (Lipinski definition) is 2. The molecule has 2 aliphatic carbocycles.